The molecule has 0 spiro atoms. The summed E-state index contributed by atoms with van der Waals surface area (Å²) in [5.74, 6) is 2.07. The van der Waals surface area contributed by atoms with Crippen molar-refractivity contribution in [2.45, 2.75) is 13.8 Å². The topological polar surface area (TPSA) is 44.3 Å². The maximum Gasteiger partial charge on any atom is 0.134 e. The lowest BCUT2D eigenvalue weighted by molar-refractivity contribution is 0.584. The van der Waals surface area contributed by atoms with Crippen LogP contribution >= 0.6 is 12.4 Å². The molecule has 1 aromatic rings. The lowest BCUT2D eigenvalue weighted by atomic mass is 10.3. The zero-order valence-electron chi connectivity index (χ0n) is 11.1. The Morgan fingerprint density at radius 1 is 1.22 bits per heavy atom. The molecule has 6 heteroatoms. The van der Waals surface area contributed by atoms with E-state index in [1.807, 2.05) is 0 Å². The number of hydrogen-bond donors (Lipinski definition) is 1. The van der Waals surface area contributed by atoms with E-state index in [0.29, 0.717) is 0 Å². The molecule has 0 atom stereocenters. The van der Waals surface area contributed by atoms with Crippen molar-refractivity contribution in [2.24, 2.45) is 0 Å². The summed E-state index contributed by atoms with van der Waals surface area (Å²) in [5.41, 5.74) is 0. The molecule has 1 aliphatic rings. The summed E-state index contributed by atoms with van der Waals surface area (Å²) in [6.07, 6.45) is 1.67. The fraction of sp³-hybridized carbons (Fsp3) is 0.667. The van der Waals surface area contributed by atoms with E-state index in [9.17, 15) is 0 Å². The highest BCUT2D eigenvalue weighted by molar-refractivity contribution is 5.85. The molecule has 1 aliphatic heterocycles. The number of halogens is 1. The predicted molar refractivity (Wildman–Crippen MR) is 77.9 cm³/mol. The highest BCUT2D eigenvalue weighted by atomic mass is 35.5. The Bertz CT molecular complexity index is 350. The van der Waals surface area contributed by atoms with Gasteiger partial charge in [-0.1, -0.05) is 0 Å². The second kappa shape index (κ2) is 7.38. The molecule has 18 heavy (non-hydrogen) atoms. The minimum absolute atomic E-state index is 0. The summed E-state index contributed by atoms with van der Waals surface area (Å²) in [6, 6.07) is 2.10. The van der Waals surface area contributed by atoms with E-state index in [2.05, 4.69) is 45.0 Å². The minimum Gasteiger partial charge on any atom is -0.357 e. The molecule has 0 unspecified atom stereocenters. The Morgan fingerprint density at radius 2 is 1.89 bits per heavy atom. The predicted octanol–water partition coefficient (Wildman–Crippen LogP) is 1.15. The molecular weight excluding hydrogens is 250 g/mol. The van der Waals surface area contributed by atoms with Gasteiger partial charge in [0.1, 0.15) is 18.0 Å². The van der Waals surface area contributed by atoms with Crippen molar-refractivity contribution in [1.82, 2.24) is 15.3 Å². The average Bonchev–Trinajstić information content (AvgIpc) is 2.42. The van der Waals surface area contributed by atoms with Crippen LogP contribution < -0.4 is 15.1 Å². The third-order valence-corrected chi connectivity index (χ3v) is 3.17. The summed E-state index contributed by atoms with van der Waals surface area (Å²) in [5, 5.41) is 3.35. The zero-order chi connectivity index (χ0) is 12.1. The number of nitrogens with zero attached hydrogens (tertiary/aromatic N) is 4. The zero-order valence-corrected chi connectivity index (χ0v) is 11.9. The standard InChI is InChI=1S/C12H21N5.ClH/c1-3-16(4-2)11-9-12(15-10-14-11)17-7-5-13-6-8-17;/h9-10,13H,3-8H2,1-2H3;1H. The fourth-order valence-corrected chi connectivity index (χ4v) is 2.12. The van der Waals surface area contributed by atoms with Crippen LogP contribution in [0.15, 0.2) is 12.4 Å². The third kappa shape index (κ3) is 3.46. The van der Waals surface area contributed by atoms with Crippen LogP contribution in [0.4, 0.5) is 11.6 Å². The largest absolute Gasteiger partial charge is 0.357 e. The number of hydrogen-bond acceptors (Lipinski definition) is 5. The molecule has 1 N–H and O–H groups in total. The molecule has 0 radical (unpaired) electrons. The van der Waals surface area contributed by atoms with E-state index in [1.54, 1.807) is 6.33 Å². The molecule has 0 aliphatic carbocycles. The van der Waals surface area contributed by atoms with Crippen LogP contribution in [0.5, 0.6) is 0 Å². The van der Waals surface area contributed by atoms with Gasteiger partial charge in [-0.25, -0.2) is 9.97 Å². The Hall–Kier alpha value is -1.07. The normalized spacial score (nSPS) is 15.1. The van der Waals surface area contributed by atoms with Crippen LogP contribution in [0.3, 0.4) is 0 Å². The van der Waals surface area contributed by atoms with Gasteiger partial charge in [0.05, 0.1) is 0 Å². The minimum atomic E-state index is 0. The van der Waals surface area contributed by atoms with Crippen LogP contribution in [0.1, 0.15) is 13.8 Å². The summed E-state index contributed by atoms with van der Waals surface area (Å²) in [7, 11) is 0. The Morgan fingerprint density at radius 3 is 2.50 bits per heavy atom. The second-order valence-corrected chi connectivity index (χ2v) is 4.14. The Balaban J connectivity index is 0.00000162. The van der Waals surface area contributed by atoms with Gasteiger partial charge in [0, 0.05) is 45.3 Å². The first-order valence-corrected chi connectivity index (χ1v) is 6.37. The molecule has 1 fully saturated rings. The summed E-state index contributed by atoms with van der Waals surface area (Å²) in [4.78, 5) is 13.3. The first-order valence-electron chi connectivity index (χ1n) is 6.37. The highest BCUT2D eigenvalue weighted by Crippen LogP contribution is 2.17. The first kappa shape index (κ1) is 15.0. The van der Waals surface area contributed by atoms with Crippen molar-refractivity contribution in [3.05, 3.63) is 12.4 Å². The SMILES string of the molecule is CCN(CC)c1cc(N2CCNCC2)ncn1.Cl. The molecule has 0 bridgehead atoms. The van der Waals surface area contributed by atoms with Gasteiger partial charge in [-0.2, -0.15) is 0 Å². The Kier molecular flexibility index (Phi) is 6.15. The van der Waals surface area contributed by atoms with Gasteiger partial charge in [-0.05, 0) is 13.8 Å². The van der Waals surface area contributed by atoms with Crippen LogP contribution in [0.2, 0.25) is 0 Å². The molecule has 102 valence electrons. The first-order chi connectivity index (χ1) is 8.35. The van der Waals surface area contributed by atoms with Crippen molar-refractivity contribution in [2.75, 3.05) is 49.1 Å². The van der Waals surface area contributed by atoms with Crippen LogP contribution in [0, 0.1) is 0 Å². The summed E-state index contributed by atoms with van der Waals surface area (Å²) in [6.45, 7) is 10.4. The van der Waals surface area contributed by atoms with Gasteiger partial charge in [0.15, 0.2) is 0 Å². The Labute approximate surface area is 115 Å². The number of piperazine rings is 1. The van der Waals surface area contributed by atoms with Gasteiger partial charge >= 0.3 is 0 Å². The highest BCUT2D eigenvalue weighted by Gasteiger charge is 2.13. The molecule has 0 amide bonds. The van der Waals surface area contributed by atoms with Crippen LogP contribution in [-0.4, -0.2) is 49.2 Å². The lowest BCUT2D eigenvalue weighted by Gasteiger charge is -2.29. The van der Waals surface area contributed by atoms with Gasteiger partial charge in [0.25, 0.3) is 0 Å². The van der Waals surface area contributed by atoms with E-state index in [4.69, 9.17) is 0 Å². The second-order valence-electron chi connectivity index (χ2n) is 4.14. The smallest absolute Gasteiger partial charge is 0.134 e. The van der Waals surface area contributed by atoms with Crippen LogP contribution in [-0.2, 0) is 0 Å². The van der Waals surface area contributed by atoms with Gasteiger partial charge in [0.2, 0.25) is 0 Å². The van der Waals surface area contributed by atoms with Crippen molar-refractivity contribution >= 4 is 24.0 Å². The number of aromatic nitrogens is 2. The quantitative estimate of drug-likeness (QED) is 0.890. The molecule has 5 nitrogen and oxygen atoms in total. The molecular formula is C12H22ClN5. The van der Waals surface area contributed by atoms with Crippen molar-refractivity contribution in [1.29, 1.82) is 0 Å². The monoisotopic (exact) mass is 271 g/mol. The van der Waals surface area contributed by atoms with E-state index < -0.39 is 0 Å². The maximum absolute atomic E-state index is 4.37. The maximum atomic E-state index is 4.37. The van der Waals surface area contributed by atoms with Crippen molar-refractivity contribution in [3.8, 4) is 0 Å². The molecule has 1 saturated heterocycles. The van der Waals surface area contributed by atoms with E-state index in [0.717, 1.165) is 50.9 Å². The number of nitrogens with one attached hydrogen (secondary N) is 1. The lowest BCUT2D eigenvalue weighted by Crippen LogP contribution is -2.44. The third-order valence-electron chi connectivity index (χ3n) is 3.17. The summed E-state index contributed by atoms with van der Waals surface area (Å²) < 4.78 is 0. The van der Waals surface area contributed by atoms with Gasteiger partial charge < -0.3 is 15.1 Å². The average molecular weight is 272 g/mol. The van der Waals surface area contributed by atoms with E-state index in [1.165, 1.54) is 0 Å². The molecule has 2 rings (SSSR count). The number of anilines is 2. The molecule has 2 heterocycles. The molecule has 0 aromatic carbocycles. The summed E-state index contributed by atoms with van der Waals surface area (Å²) >= 11 is 0. The fourth-order valence-electron chi connectivity index (χ4n) is 2.12. The van der Waals surface area contributed by atoms with E-state index in [-0.39, 0.29) is 12.4 Å². The van der Waals surface area contributed by atoms with Crippen molar-refractivity contribution < 1.29 is 0 Å². The molecule has 0 saturated carbocycles. The molecule has 1 aromatic heterocycles. The van der Waals surface area contributed by atoms with Crippen molar-refractivity contribution in [3.63, 3.8) is 0 Å². The van der Waals surface area contributed by atoms with E-state index >= 15 is 0 Å². The van der Waals surface area contributed by atoms with Gasteiger partial charge in [-0.3, -0.25) is 0 Å². The number of rotatable bonds is 4. The van der Waals surface area contributed by atoms with Crippen LogP contribution in [0.25, 0.3) is 0 Å². The van der Waals surface area contributed by atoms with Gasteiger partial charge in [-0.15, -0.1) is 12.4 Å².